The summed E-state index contributed by atoms with van der Waals surface area (Å²) in [4.78, 5) is 21.8. The number of carboxylic acid groups (broad SMARTS) is 1. The predicted octanol–water partition coefficient (Wildman–Crippen LogP) is 0.656. The van der Waals surface area contributed by atoms with E-state index in [0.717, 1.165) is 25.1 Å². The first-order valence-corrected chi connectivity index (χ1v) is 7.30. The first-order chi connectivity index (χ1) is 10.2. The number of anilines is 1. The Morgan fingerprint density at radius 3 is 2.67 bits per heavy atom. The largest absolute Gasteiger partial charge is 0.480 e. The molecule has 0 unspecified atom stereocenters. The van der Waals surface area contributed by atoms with Crippen LogP contribution in [0.4, 0.5) is 5.95 Å². The first kappa shape index (κ1) is 15.7. The molecule has 0 bridgehead atoms. The van der Waals surface area contributed by atoms with Crippen LogP contribution in [0, 0.1) is 0 Å². The average Bonchev–Trinajstić information content (AvgIpc) is 2.52. The van der Waals surface area contributed by atoms with E-state index >= 15 is 0 Å². The molecule has 2 rings (SSSR count). The van der Waals surface area contributed by atoms with Gasteiger partial charge in [-0.1, -0.05) is 13.3 Å². The molecule has 0 radical (unpaired) electrons. The third kappa shape index (κ3) is 4.64. The molecule has 1 atom stereocenters. The van der Waals surface area contributed by atoms with Gasteiger partial charge in [-0.2, -0.15) is 0 Å². The summed E-state index contributed by atoms with van der Waals surface area (Å²) in [5.41, 5.74) is 0.884. The fourth-order valence-corrected chi connectivity index (χ4v) is 2.21. The van der Waals surface area contributed by atoms with Gasteiger partial charge in [0.15, 0.2) is 0 Å². The molecule has 0 amide bonds. The highest BCUT2D eigenvalue weighted by atomic mass is 16.5. The van der Waals surface area contributed by atoms with Crippen LogP contribution < -0.4 is 10.2 Å². The molecule has 116 valence electrons. The smallest absolute Gasteiger partial charge is 0.320 e. The second-order valence-corrected chi connectivity index (χ2v) is 5.05. The summed E-state index contributed by atoms with van der Waals surface area (Å²) >= 11 is 0. The third-order valence-electron chi connectivity index (χ3n) is 3.41. The molecule has 1 aliphatic heterocycles. The number of nitrogens with zero attached hydrogens (tertiary/aromatic N) is 3. The van der Waals surface area contributed by atoms with E-state index in [1.807, 2.05) is 6.92 Å². The van der Waals surface area contributed by atoms with Crippen molar-refractivity contribution in [3.8, 4) is 0 Å². The molecule has 0 spiro atoms. The van der Waals surface area contributed by atoms with Gasteiger partial charge in [-0.25, -0.2) is 9.97 Å². The summed E-state index contributed by atoms with van der Waals surface area (Å²) in [6, 6.07) is -0.520. The SMILES string of the molecule is CCC[C@H](NCc1cnc(N2CCOCC2)nc1)C(=O)O. The molecule has 0 aliphatic carbocycles. The van der Waals surface area contributed by atoms with Gasteiger partial charge in [0.25, 0.3) is 0 Å². The molecule has 1 fully saturated rings. The van der Waals surface area contributed by atoms with Gasteiger partial charge in [-0.15, -0.1) is 0 Å². The van der Waals surface area contributed by atoms with Gasteiger partial charge in [-0.05, 0) is 6.42 Å². The number of ether oxygens (including phenoxy) is 1. The van der Waals surface area contributed by atoms with Gasteiger partial charge >= 0.3 is 5.97 Å². The summed E-state index contributed by atoms with van der Waals surface area (Å²) in [5.74, 6) is -0.118. The van der Waals surface area contributed by atoms with Crippen LogP contribution in [-0.4, -0.2) is 53.4 Å². The van der Waals surface area contributed by atoms with E-state index in [2.05, 4.69) is 20.2 Å². The van der Waals surface area contributed by atoms with E-state index in [1.165, 1.54) is 0 Å². The number of aromatic nitrogens is 2. The first-order valence-electron chi connectivity index (χ1n) is 7.30. The van der Waals surface area contributed by atoms with Gasteiger partial charge in [0.1, 0.15) is 6.04 Å². The van der Waals surface area contributed by atoms with E-state index in [9.17, 15) is 4.79 Å². The zero-order chi connectivity index (χ0) is 15.1. The Morgan fingerprint density at radius 2 is 2.10 bits per heavy atom. The summed E-state index contributed by atoms with van der Waals surface area (Å²) in [6.07, 6.45) is 4.93. The summed E-state index contributed by atoms with van der Waals surface area (Å²) < 4.78 is 5.29. The quantitative estimate of drug-likeness (QED) is 0.763. The maximum atomic E-state index is 11.1. The predicted molar refractivity (Wildman–Crippen MR) is 78.2 cm³/mol. The lowest BCUT2D eigenvalue weighted by Crippen LogP contribution is -2.37. The summed E-state index contributed by atoms with van der Waals surface area (Å²) in [6.45, 7) is 5.43. The molecule has 7 nitrogen and oxygen atoms in total. The normalized spacial score (nSPS) is 16.7. The van der Waals surface area contributed by atoms with Crippen LogP contribution in [0.3, 0.4) is 0 Å². The van der Waals surface area contributed by atoms with Crippen molar-refractivity contribution in [2.24, 2.45) is 0 Å². The lowest BCUT2D eigenvalue weighted by molar-refractivity contribution is -0.139. The monoisotopic (exact) mass is 294 g/mol. The lowest BCUT2D eigenvalue weighted by Gasteiger charge is -2.26. The third-order valence-corrected chi connectivity index (χ3v) is 3.41. The zero-order valence-electron chi connectivity index (χ0n) is 12.3. The zero-order valence-corrected chi connectivity index (χ0v) is 12.3. The topological polar surface area (TPSA) is 87.6 Å². The van der Waals surface area contributed by atoms with Gasteiger partial charge < -0.3 is 20.1 Å². The molecule has 1 aromatic heterocycles. The van der Waals surface area contributed by atoms with Crippen molar-refractivity contribution in [2.75, 3.05) is 31.2 Å². The van der Waals surface area contributed by atoms with Crippen molar-refractivity contribution >= 4 is 11.9 Å². The van der Waals surface area contributed by atoms with E-state index in [-0.39, 0.29) is 0 Å². The van der Waals surface area contributed by atoms with Crippen molar-refractivity contribution < 1.29 is 14.6 Å². The number of nitrogens with one attached hydrogen (secondary N) is 1. The van der Waals surface area contributed by atoms with Crippen LogP contribution in [0.25, 0.3) is 0 Å². The van der Waals surface area contributed by atoms with Crippen LogP contribution in [0.2, 0.25) is 0 Å². The van der Waals surface area contributed by atoms with Gasteiger partial charge in [0, 0.05) is 37.6 Å². The van der Waals surface area contributed by atoms with Crippen LogP contribution in [-0.2, 0) is 16.1 Å². The van der Waals surface area contributed by atoms with Crippen molar-refractivity contribution in [3.63, 3.8) is 0 Å². The molecule has 1 aromatic rings. The molecule has 2 N–H and O–H groups in total. The summed E-state index contributed by atoms with van der Waals surface area (Å²) in [5, 5.41) is 12.1. The number of carbonyl (C=O) groups is 1. The highest BCUT2D eigenvalue weighted by Crippen LogP contribution is 2.09. The molecule has 21 heavy (non-hydrogen) atoms. The standard InChI is InChI=1S/C14H22N4O3/c1-2-3-12(13(19)20)15-8-11-9-16-14(17-10-11)18-4-6-21-7-5-18/h9-10,12,15H,2-8H2,1H3,(H,19,20)/t12-/m0/s1. The Kier molecular flexibility index (Phi) is 5.89. The van der Waals surface area contributed by atoms with Crippen molar-refractivity contribution in [2.45, 2.75) is 32.4 Å². The van der Waals surface area contributed by atoms with Gasteiger partial charge in [0.2, 0.25) is 5.95 Å². The minimum Gasteiger partial charge on any atom is -0.480 e. The summed E-state index contributed by atoms with van der Waals surface area (Å²) in [7, 11) is 0. The maximum Gasteiger partial charge on any atom is 0.320 e. The number of hydrogen-bond acceptors (Lipinski definition) is 6. The number of rotatable bonds is 7. The minimum atomic E-state index is -0.817. The molecular formula is C14H22N4O3. The van der Waals surface area contributed by atoms with E-state index < -0.39 is 12.0 Å². The second-order valence-electron chi connectivity index (χ2n) is 5.05. The average molecular weight is 294 g/mol. The van der Waals surface area contributed by atoms with Crippen molar-refractivity contribution in [1.82, 2.24) is 15.3 Å². The number of hydrogen-bond donors (Lipinski definition) is 2. The van der Waals surface area contributed by atoms with Crippen LogP contribution in [0.15, 0.2) is 12.4 Å². The molecule has 2 heterocycles. The molecule has 0 aromatic carbocycles. The Morgan fingerprint density at radius 1 is 1.43 bits per heavy atom. The van der Waals surface area contributed by atoms with Crippen LogP contribution in [0.1, 0.15) is 25.3 Å². The number of carboxylic acids is 1. The molecule has 1 saturated heterocycles. The van der Waals surface area contributed by atoms with E-state index in [4.69, 9.17) is 9.84 Å². The van der Waals surface area contributed by atoms with E-state index in [0.29, 0.717) is 32.1 Å². The maximum absolute atomic E-state index is 11.1. The highest BCUT2D eigenvalue weighted by Gasteiger charge is 2.16. The molecular weight excluding hydrogens is 272 g/mol. The van der Waals surface area contributed by atoms with Crippen molar-refractivity contribution in [3.05, 3.63) is 18.0 Å². The van der Waals surface area contributed by atoms with Crippen molar-refractivity contribution in [1.29, 1.82) is 0 Å². The Balaban J connectivity index is 1.88. The number of morpholine rings is 1. The Bertz CT molecular complexity index is 446. The second kappa shape index (κ2) is 7.90. The molecule has 1 aliphatic rings. The molecule has 7 heteroatoms. The lowest BCUT2D eigenvalue weighted by atomic mass is 10.1. The minimum absolute atomic E-state index is 0.459. The Labute approximate surface area is 124 Å². The fourth-order valence-electron chi connectivity index (χ4n) is 2.21. The molecule has 0 saturated carbocycles. The number of aliphatic carboxylic acids is 1. The van der Waals surface area contributed by atoms with Gasteiger partial charge in [-0.3, -0.25) is 4.79 Å². The van der Waals surface area contributed by atoms with Crippen LogP contribution >= 0.6 is 0 Å². The highest BCUT2D eigenvalue weighted by molar-refractivity contribution is 5.73. The van der Waals surface area contributed by atoms with Gasteiger partial charge in [0.05, 0.1) is 13.2 Å². The van der Waals surface area contributed by atoms with Crippen LogP contribution in [0.5, 0.6) is 0 Å². The fraction of sp³-hybridized carbons (Fsp3) is 0.643. The van der Waals surface area contributed by atoms with E-state index in [1.54, 1.807) is 12.4 Å². The Hall–Kier alpha value is -1.73.